The molecule has 5 aromatic rings. The highest BCUT2D eigenvalue weighted by Gasteiger charge is 2.13. The summed E-state index contributed by atoms with van der Waals surface area (Å²) in [6.07, 6.45) is 1.83. The second-order valence-corrected chi connectivity index (χ2v) is 8.97. The maximum absolute atomic E-state index is 13.2. The lowest BCUT2D eigenvalue weighted by Crippen LogP contribution is -2.22. The second kappa shape index (κ2) is 7.84. The molecule has 2 heterocycles. The van der Waals surface area contributed by atoms with Gasteiger partial charge in [-0.2, -0.15) is 0 Å². The van der Waals surface area contributed by atoms with Crippen LogP contribution >= 0.6 is 22.9 Å². The summed E-state index contributed by atoms with van der Waals surface area (Å²) in [4.78, 5) is 18.6. The lowest BCUT2D eigenvalue weighted by molar-refractivity contribution is 0.305. The smallest absolute Gasteiger partial charge is 0.274 e. The maximum Gasteiger partial charge on any atom is 0.274 e. The van der Waals surface area contributed by atoms with Crippen LogP contribution in [0.15, 0.2) is 65.5 Å². The fourth-order valence-corrected chi connectivity index (χ4v) is 4.72. The van der Waals surface area contributed by atoms with E-state index in [2.05, 4.69) is 11.9 Å². The number of hydrogen-bond acceptors (Lipinski definition) is 4. The van der Waals surface area contributed by atoms with Crippen LogP contribution in [0, 0.1) is 13.8 Å². The number of benzene rings is 3. The van der Waals surface area contributed by atoms with Crippen LogP contribution in [0.25, 0.3) is 22.1 Å². The number of ether oxygens (including phenoxy) is 1. The van der Waals surface area contributed by atoms with E-state index in [1.165, 1.54) is 11.3 Å². The molecule has 0 radical (unpaired) electrons. The van der Waals surface area contributed by atoms with Gasteiger partial charge in [0.25, 0.3) is 5.56 Å². The summed E-state index contributed by atoms with van der Waals surface area (Å²) < 4.78 is 8.32. The van der Waals surface area contributed by atoms with Crippen molar-refractivity contribution in [2.45, 2.75) is 20.5 Å². The number of hydrogen-bond donors (Lipinski definition) is 0. The number of imidazole rings is 1. The van der Waals surface area contributed by atoms with Crippen molar-refractivity contribution >= 4 is 45.0 Å². The van der Waals surface area contributed by atoms with Gasteiger partial charge in [0.1, 0.15) is 12.4 Å². The predicted octanol–water partition coefficient (Wildman–Crippen LogP) is 5.31. The van der Waals surface area contributed by atoms with E-state index in [1.807, 2.05) is 67.6 Å². The largest absolute Gasteiger partial charge is 0.488 e. The molecule has 0 atom stereocenters. The van der Waals surface area contributed by atoms with Crippen LogP contribution in [0.1, 0.15) is 22.3 Å². The van der Waals surface area contributed by atoms with E-state index < -0.39 is 0 Å². The van der Waals surface area contributed by atoms with E-state index >= 15 is 0 Å². The molecule has 31 heavy (non-hydrogen) atoms. The molecule has 0 unspecified atom stereocenters. The second-order valence-electron chi connectivity index (χ2n) is 7.53. The normalized spacial score (nSPS) is 12.2. The van der Waals surface area contributed by atoms with Gasteiger partial charge in [-0.05, 0) is 66.9 Å². The fourth-order valence-electron chi connectivity index (χ4n) is 3.56. The van der Waals surface area contributed by atoms with Crippen LogP contribution in [0.4, 0.5) is 0 Å². The Hall–Kier alpha value is -3.15. The molecule has 0 bridgehead atoms. The summed E-state index contributed by atoms with van der Waals surface area (Å²) >= 11 is 7.61. The van der Waals surface area contributed by atoms with Gasteiger partial charge in [-0.1, -0.05) is 53.3 Å². The minimum atomic E-state index is -0.0836. The lowest BCUT2D eigenvalue weighted by Gasteiger charge is -2.09. The predicted molar refractivity (Wildman–Crippen MR) is 127 cm³/mol. The average molecular weight is 447 g/mol. The van der Waals surface area contributed by atoms with Crippen LogP contribution in [0.2, 0.25) is 5.02 Å². The van der Waals surface area contributed by atoms with E-state index in [9.17, 15) is 4.79 Å². The van der Waals surface area contributed by atoms with Crippen molar-refractivity contribution in [1.29, 1.82) is 0 Å². The first-order valence-electron chi connectivity index (χ1n) is 9.90. The molecular formula is C25H19ClN2O2S. The lowest BCUT2D eigenvalue weighted by atomic mass is 10.1. The molecule has 2 aromatic heterocycles. The molecule has 0 aliphatic rings. The van der Waals surface area contributed by atoms with Gasteiger partial charge in [-0.3, -0.25) is 4.79 Å². The Morgan fingerprint density at radius 3 is 2.65 bits per heavy atom. The zero-order chi connectivity index (χ0) is 21.5. The summed E-state index contributed by atoms with van der Waals surface area (Å²) in [7, 11) is 0. The summed E-state index contributed by atoms with van der Waals surface area (Å²) in [5.74, 6) is 0.676. The molecule has 154 valence electrons. The van der Waals surface area contributed by atoms with Crippen molar-refractivity contribution in [3.8, 4) is 5.75 Å². The molecule has 0 fully saturated rings. The molecule has 4 nitrogen and oxygen atoms in total. The Balaban J connectivity index is 1.60. The summed E-state index contributed by atoms with van der Waals surface area (Å²) in [5.41, 5.74) is 5.73. The van der Waals surface area contributed by atoms with Crippen LogP contribution in [0.3, 0.4) is 0 Å². The number of fused-ring (bicyclic) bond motifs is 3. The van der Waals surface area contributed by atoms with E-state index in [0.29, 0.717) is 26.9 Å². The highest BCUT2D eigenvalue weighted by Crippen LogP contribution is 2.25. The highest BCUT2D eigenvalue weighted by molar-refractivity contribution is 7.15. The maximum atomic E-state index is 13.2. The van der Waals surface area contributed by atoms with Gasteiger partial charge in [0.05, 0.1) is 15.6 Å². The van der Waals surface area contributed by atoms with Gasteiger partial charge in [0.2, 0.25) is 0 Å². The minimum Gasteiger partial charge on any atom is -0.488 e. The van der Waals surface area contributed by atoms with E-state index in [4.69, 9.17) is 16.3 Å². The van der Waals surface area contributed by atoms with Gasteiger partial charge in [0, 0.05) is 10.6 Å². The number of aromatic nitrogens is 2. The number of aryl methyl sites for hydroxylation is 2. The zero-order valence-corrected chi connectivity index (χ0v) is 18.6. The van der Waals surface area contributed by atoms with Crippen molar-refractivity contribution in [2.24, 2.45) is 0 Å². The summed E-state index contributed by atoms with van der Waals surface area (Å²) in [6.45, 7) is 4.53. The Labute approximate surface area is 188 Å². The van der Waals surface area contributed by atoms with Gasteiger partial charge in [-0.15, -0.1) is 0 Å². The van der Waals surface area contributed by atoms with Crippen LogP contribution in [-0.2, 0) is 6.61 Å². The molecule has 0 saturated heterocycles. The fraction of sp³-hybridized carbons (Fsp3) is 0.120. The standard InChI is InChI=1S/C25H19ClN2O2S/c1-15-10-20-21(11-16(15)2)28-24(29)23(31-25(28)27-20)13-18-12-19(26)8-9-22(18)30-14-17-6-4-3-5-7-17/h3-13H,14H2,1-2H3/b23-13+. The van der Waals surface area contributed by atoms with Crippen molar-refractivity contribution in [2.75, 3.05) is 0 Å². The van der Waals surface area contributed by atoms with Crippen molar-refractivity contribution < 1.29 is 4.74 Å². The van der Waals surface area contributed by atoms with E-state index in [-0.39, 0.29) is 5.56 Å². The first-order valence-corrected chi connectivity index (χ1v) is 11.1. The van der Waals surface area contributed by atoms with Gasteiger partial charge in [0.15, 0.2) is 4.96 Å². The Morgan fingerprint density at radius 1 is 1.06 bits per heavy atom. The third-order valence-corrected chi connectivity index (χ3v) is 6.55. The molecule has 6 heteroatoms. The third-order valence-electron chi connectivity index (χ3n) is 5.35. The van der Waals surface area contributed by atoms with E-state index in [1.54, 1.807) is 10.5 Å². The zero-order valence-electron chi connectivity index (χ0n) is 17.1. The SMILES string of the molecule is Cc1cc2nc3s/c(=C/c4cc(Cl)ccc4OCc4ccccc4)c(=O)n3c2cc1C. The first-order chi connectivity index (χ1) is 15.0. The number of thiazole rings is 1. The number of nitrogens with zero attached hydrogens (tertiary/aromatic N) is 2. The quantitative estimate of drug-likeness (QED) is 0.376. The van der Waals surface area contributed by atoms with Crippen molar-refractivity contribution in [3.63, 3.8) is 0 Å². The van der Waals surface area contributed by atoms with Gasteiger partial charge >= 0.3 is 0 Å². The minimum absolute atomic E-state index is 0.0836. The topological polar surface area (TPSA) is 43.6 Å². The summed E-state index contributed by atoms with van der Waals surface area (Å²) in [5, 5.41) is 0.587. The molecule has 0 saturated carbocycles. The van der Waals surface area contributed by atoms with Crippen molar-refractivity contribution in [1.82, 2.24) is 9.38 Å². The molecule has 3 aromatic carbocycles. The Kier molecular flexibility index (Phi) is 5.00. The average Bonchev–Trinajstić information content (AvgIpc) is 3.24. The number of rotatable bonds is 4. The van der Waals surface area contributed by atoms with Crippen LogP contribution in [-0.4, -0.2) is 9.38 Å². The van der Waals surface area contributed by atoms with Gasteiger partial charge < -0.3 is 4.74 Å². The van der Waals surface area contributed by atoms with E-state index in [0.717, 1.165) is 33.3 Å². The monoisotopic (exact) mass is 446 g/mol. The summed E-state index contributed by atoms with van der Waals surface area (Å²) in [6, 6.07) is 19.4. The Bertz CT molecular complexity index is 1540. The molecule has 0 spiro atoms. The molecule has 0 N–H and O–H groups in total. The van der Waals surface area contributed by atoms with Gasteiger partial charge in [-0.25, -0.2) is 9.38 Å². The molecule has 0 amide bonds. The third kappa shape index (κ3) is 3.71. The van der Waals surface area contributed by atoms with Crippen LogP contribution < -0.4 is 14.8 Å². The molecule has 0 aliphatic carbocycles. The Morgan fingerprint density at radius 2 is 1.84 bits per heavy atom. The molecule has 5 rings (SSSR count). The highest BCUT2D eigenvalue weighted by atomic mass is 35.5. The number of halogens is 1. The van der Waals surface area contributed by atoms with Crippen LogP contribution in [0.5, 0.6) is 5.75 Å². The van der Waals surface area contributed by atoms with Crippen molar-refractivity contribution in [3.05, 3.63) is 103 Å². The molecule has 0 aliphatic heterocycles. The first kappa shape index (κ1) is 19.8. The molecular weight excluding hydrogens is 428 g/mol.